The molecule has 13 heavy (non-hydrogen) atoms. The fraction of sp³-hybridized carbons (Fsp3) is 0.375. The van der Waals surface area contributed by atoms with Crippen LogP contribution in [-0.2, 0) is 11.3 Å². The Morgan fingerprint density at radius 1 is 1.62 bits per heavy atom. The van der Waals surface area contributed by atoms with Crippen LogP contribution in [0, 0.1) is 0 Å². The molecule has 0 spiro atoms. The monoisotopic (exact) mass is 281 g/mol. The van der Waals surface area contributed by atoms with E-state index in [2.05, 4.69) is 21.2 Å². The Kier molecular flexibility index (Phi) is 4.77. The number of carbonyl (C=O) groups is 1. The van der Waals surface area contributed by atoms with Crippen LogP contribution in [0.2, 0.25) is 4.34 Å². The number of amides is 1. The molecular weight excluding hydrogens is 274 g/mol. The van der Waals surface area contributed by atoms with Gasteiger partial charge in [0.1, 0.15) is 0 Å². The molecular formula is C8H9BrClNOS. The van der Waals surface area contributed by atoms with Crippen molar-refractivity contribution >= 4 is 44.8 Å². The van der Waals surface area contributed by atoms with E-state index in [-0.39, 0.29) is 5.91 Å². The van der Waals surface area contributed by atoms with E-state index < -0.39 is 0 Å². The molecule has 2 nitrogen and oxygen atoms in total. The molecule has 0 atom stereocenters. The van der Waals surface area contributed by atoms with Gasteiger partial charge in [0.2, 0.25) is 5.91 Å². The number of nitrogens with one attached hydrogen (secondary N) is 1. The first kappa shape index (κ1) is 11.0. The Hall–Kier alpha value is -0.0600. The zero-order valence-electron chi connectivity index (χ0n) is 6.85. The van der Waals surface area contributed by atoms with Gasteiger partial charge in [-0.15, -0.1) is 11.3 Å². The van der Waals surface area contributed by atoms with Crippen LogP contribution in [0.25, 0.3) is 0 Å². The number of alkyl halides is 1. The van der Waals surface area contributed by atoms with Crippen molar-refractivity contribution in [3.05, 3.63) is 21.3 Å². The standard InChI is InChI=1S/C8H9BrClNOS/c9-4-3-8(12)11-5-6-1-2-7(10)13-6/h1-2H,3-5H2,(H,11,12). The third-order valence-corrected chi connectivity index (χ3v) is 3.04. The van der Waals surface area contributed by atoms with Gasteiger partial charge in [-0.25, -0.2) is 0 Å². The maximum absolute atomic E-state index is 11.1. The van der Waals surface area contributed by atoms with Crippen LogP contribution in [0.5, 0.6) is 0 Å². The molecule has 0 aliphatic heterocycles. The van der Waals surface area contributed by atoms with Crippen molar-refractivity contribution in [2.45, 2.75) is 13.0 Å². The maximum Gasteiger partial charge on any atom is 0.221 e. The Morgan fingerprint density at radius 2 is 2.38 bits per heavy atom. The van der Waals surface area contributed by atoms with Gasteiger partial charge in [-0.1, -0.05) is 27.5 Å². The topological polar surface area (TPSA) is 29.1 Å². The molecule has 0 aliphatic carbocycles. The maximum atomic E-state index is 11.1. The van der Waals surface area contributed by atoms with Crippen molar-refractivity contribution < 1.29 is 4.79 Å². The first-order valence-electron chi connectivity index (χ1n) is 3.79. The van der Waals surface area contributed by atoms with Crippen molar-refractivity contribution in [2.75, 3.05) is 5.33 Å². The second kappa shape index (κ2) is 5.62. The summed E-state index contributed by atoms with van der Waals surface area (Å²) in [7, 11) is 0. The average Bonchev–Trinajstić information content (AvgIpc) is 2.49. The van der Waals surface area contributed by atoms with Gasteiger partial charge in [0.25, 0.3) is 0 Å². The lowest BCUT2D eigenvalue weighted by molar-refractivity contribution is -0.120. The third-order valence-electron chi connectivity index (χ3n) is 1.41. The van der Waals surface area contributed by atoms with E-state index in [4.69, 9.17) is 11.6 Å². The molecule has 5 heteroatoms. The smallest absolute Gasteiger partial charge is 0.221 e. The lowest BCUT2D eigenvalue weighted by Crippen LogP contribution is -2.22. The molecule has 1 amide bonds. The Balaban J connectivity index is 2.30. The highest BCUT2D eigenvalue weighted by molar-refractivity contribution is 9.09. The average molecular weight is 283 g/mol. The molecule has 1 aromatic heterocycles. The predicted octanol–water partition coefficient (Wildman–Crippen LogP) is 2.80. The van der Waals surface area contributed by atoms with Crippen molar-refractivity contribution in [2.24, 2.45) is 0 Å². The van der Waals surface area contributed by atoms with Crippen LogP contribution < -0.4 is 5.32 Å². The summed E-state index contributed by atoms with van der Waals surface area (Å²) in [4.78, 5) is 12.1. The summed E-state index contributed by atoms with van der Waals surface area (Å²) >= 11 is 10.4. The van der Waals surface area contributed by atoms with Crippen molar-refractivity contribution in [1.82, 2.24) is 5.32 Å². The third kappa shape index (κ3) is 4.11. The summed E-state index contributed by atoms with van der Waals surface area (Å²) in [5.74, 6) is 0.0568. The number of hydrogen-bond donors (Lipinski definition) is 1. The summed E-state index contributed by atoms with van der Waals surface area (Å²) in [5.41, 5.74) is 0. The quantitative estimate of drug-likeness (QED) is 0.846. The Labute approximate surface area is 94.4 Å². The van der Waals surface area contributed by atoms with E-state index in [0.717, 1.165) is 9.21 Å². The van der Waals surface area contributed by atoms with Gasteiger partial charge < -0.3 is 5.32 Å². The molecule has 0 fully saturated rings. The molecule has 1 rings (SSSR count). The van der Waals surface area contributed by atoms with E-state index >= 15 is 0 Å². The SMILES string of the molecule is O=C(CCBr)NCc1ccc(Cl)s1. The molecule has 0 saturated carbocycles. The first-order chi connectivity index (χ1) is 6.22. The lowest BCUT2D eigenvalue weighted by Gasteiger charge is -2.00. The first-order valence-corrected chi connectivity index (χ1v) is 6.11. The minimum absolute atomic E-state index is 0.0568. The van der Waals surface area contributed by atoms with Crippen LogP contribution in [-0.4, -0.2) is 11.2 Å². The molecule has 0 aliphatic rings. The van der Waals surface area contributed by atoms with Crippen molar-refractivity contribution in [1.29, 1.82) is 0 Å². The van der Waals surface area contributed by atoms with Crippen LogP contribution in [0.1, 0.15) is 11.3 Å². The van der Waals surface area contributed by atoms with E-state index in [1.54, 1.807) is 0 Å². The minimum atomic E-state index is 0.0568. The zero-order valence-corrected chi connectivity index (χ0v) is 10.0. The van der Waals surface area contributed by atoms with E-state index in [9.17, 15) is 4.79 Å². The van der Waals surface area contributed by atoms with E-state index in [1.165, 1.54) is 11.3 Å². The Morgan fingerprint density at radius 3 is 2.92 bits per heavy atom. The van der Waals surface area contributed by atoms with Gasteiger partial charge in [0.15, 0.2) is 0 Å². The van der Waals surface area contributed by atoms with Gasteiger partial charge in [-0.3, -0.25) is 4.79 Å². The van der Waals surface area contributed by atoms with Crippen LogP contribution >= 0.6 is 38.9 Å². The number of carbonyl (C=O) groups excluding carboxylic acids is 1. The molecule has 72 valence electrons. The number of hydrogen-bond acceptors (Lipinski definition) is 2. The fourth-order valence-electron chi connectivity index (χ4n) is 0.807. The molecule has 1 heterocycles. The molecule has 0 bridgehead atoms. The Bertz CT molecular complexity index is 289. The predicted molar refractivity (Wildman–Crippen MR) is 59.6 cm³/mol. The highest BCUT2D eigenvalue weighted by Gasteiger charge is 2.01. The molecule has 1 N–H and O–H groups in total. The molecule has 0 unspecified atom stereocenters. The summed E-state index contributed by atoms with van der Waals surface area (Å²) in [6, 6.07) is 3.75. The van der Waals surface area contributed by atoms with Crippen LogP contribution in [0.3, 0.4) is 0 Å². The fourth-order valence-corrected chi connectivity index (χ4v) is 2.19. The minimum Gasteiger partial charge on any atom is -0.351 e. The largest absolute Gasteiger partial charge is 0.351 e. The second-order valence-electron chi connectivity index (χ2n) is 2.42. The van der Waals surface area contributed by atoms with Gasteiger partial charge >= 0.3 is 0 Å². The van der Waals surface area contributed by atoms with Gasteiger partial charge in [-0.05, 0) is 12.1 Å². The summed E-state index contributed by atoms with van der Waals surface area (Å²) in [5, 5.41) is 3.49. The summed E-state index contributed by atoms with van der Waals surface area (Å²) in [6.07, 6.45) is 0.513. The number of halogens is 2. The molecule has 1 aromatic rings. The van der Waals surface area contributed by atoms with Crippen LogP contribution in [0.15, 0.2) is 12.1 Å². The molecule has 0 aromatic carbocycles. The van der Waals surface area contributed by atoms with Gasteiger partial charge in [0.05, 0.1) is 10.9 Å². The summed E-state index contributed by atoms with van der Waals surface area (Å²) < 4.78 is 0.754. The van der Waals surface area contributed by atoms with E-state index in [1.807, 2.05) is 12.1 Å². The van der Waals surface area contributed by atoms with Crippen LogP contribution in [0.4, 0.5) is 0 Å². The highest BCUT2D eigenvalue weighted by atomic mass is 79.9. The molecule has 0 saturated heterocycles. The molecule has 0 radical (unpaired) electrons. The van der Waals surface area contributed by atoms with E-state index in [0.29, 0.717) is 18.3 Å². The van der Waals surface area contributed by atoms with Gasteiger partial charge in [-0.2, -0.15) is 0 Å². The number of thiophene rings is 1. The van der Waals surface area contributed by atoms with Crippen molar-refractivity contribution in [3.8, 4) is 0 Å². The summed E-state index contributed by atoms with van der Waals surface area (Å²) in [6.45, 7) is 0.573. The van der Waals surface area contributed by atoms with Gasteiger partial charge in [0, 0.05) is 16.6 Å². The van der Waals surface area contributed by atoms with Crippen molar-refractivity contribution in [3.63, 3.8) is 0 Å². The normalized spacial score (nSPS) is 10.0. The highest BCUT2D eigenvalue weighted by Crippen LogP contribution is 2.20. The number of rotatable bonds is 4. The second-order valence-corrected chi connectivity index (χ2v) is 5.01. The zero-order chi connectivity index (χ0) is 9.68. The lowest BCUT2D eigenvalue weighted by atomic mass is 10.4.